The molecule has 0 saturated carbocycles. The number of ketones is 1. The van der Waals surface area contributed by atoms with Crippen molar-refractivity contribution in [3.8, 4) is 0 Å². The number of aromatic nitrogens is 2. The summed E-state index contributed by atoms with van der Waals surface area (Å²) in [5.41, 5.74) is 1.36. The van der Waals surface area contributed by atoms with Gasteiger partial charge in [-0.2, -0.15) is 0 Å². The van der Waals surface area contributed by atoms with E-state index in [0.29, 0.717) is 16.9 Å². The second-order valence-electron chi connectivity index (χ2n) is 29.3. The molecule has 1 fully saturated rings. The van der Waals surface area contributed by atoms with Crippen LogP contribution in [0, 0.1) is 47.3 Å². The maximum atomic E-state index is 15.4. The molecule has 1 aliphatic rings. The first kappa shape index (κ1) is 82.2. The van der Waals surface area contributed by atoms with Gasteiger partial charge in [0, 0.05) is 41.7 Å². The van der Waals surface area contributed by atoms with Crippen molar-refractivity contribution in [1.82, 2.24) is 60.6 Å². The van der Waals surface area contributed by atoms with Crippen molar-refractivity contribution in [3.63, 3.8) is 0 Å². The summed E-state index contributed by atoms with van der Waals surface area (Å²) in [6.07, 6.45) is -4.05. The van der Waals surface area contributed by atoms with Crippen LogP contribution in [0.3, 0.4) is 0 Å². The van der Waals surface area contributed by atoms with E-state index in [0.717, 1.165) is 9.80 Å². The van der Waals surface area contributed by atoms with E-state index in [1.807, 2.05) is 87.4 Å². The Labute approximate surface area is 563 Å². The number of carbonyl (C=O) groups is 11. The summed E-state index contributed by atoms with van der Waals surface area (Å²) in [5.74, 6) is -10.9. The Morgan fingerprint density at radius 2 is 0.958 bits per heavy atom. The number of imidazole rings is 1. The van der Waals surface area contributed by atoms with Crippen LogP contribution in [0.15, 0.2) is 24.3 Å². The summed E-state index contributed by atoms with van der Waals surface area (Å²) < 4.78 is 5.92. The number of ether oxygens (including phenoxy) is 1. The Balaban J connectivity index is 2.33. The van der Waals surface area contributed by atoms with Crippen molar-refractivity contribution in [2.24, 2.45) is 47.3 Å². The highest BCUT2D eigenvalue weighted by Crippen LogP contribution is 2.26. The average Bonchev–Trinajstić information content (AvgIpc) is 1.22. The molecule has 1 saturated heterocycles. The lowest BCUT2D eigenvalue weighted by Crippen LogP contribution is -2.64. The van der Waals surface area contributed by atoms with Crippen LogP contribution in [0.2, 0.25) is 0 Å². The Hall–Kier alpha value is -7.06. The number of aromatic amines is 1. The van der Waals surface area contributed by atoms with E-state index in [2.05, 4.69) is 31.2 Å². The fraction of sp³-hybridized carbons (Fsp3) is 0.739. The third-order valence-electron chi connectivity index (χ3n) is 17.4. The molecular weight excluding hydrogens is 1220 g/mol. The van der Waals surface area contributed by atoms with Gasteiger partial charge >= 0.3 is 5.97 Å². The Morgan fingerprint density at radius 1 is 0.505 bits per heavy atom. The van der Waals surface area contributed by atoms with Crippen LogP contribution in [0.25, 0.3) is 11.0 Å². The van der Waals surface area contributed by atoms with E-state index in [9.17, 15) is 48.6 Å². The zero-order chi connectivity index (χ0) is 72.5. The zero-order valence-corrected chi connectivity index (χ0v) is 60.9. The lowest BCUT2D eigenvalue weighted by atomic mass is 9.91. The predicted octanol–water partition coefficient (Wildman–Crippen LogP) is 3.55. The fourth-order valence-electron chi connectivity index (χ4n) is 12.1. The topological polar surface area (TPSA) is 334 Å². The standard InChI is InChI=1S/C69H116N12O14/c1-36(2)28-49-64(89)78(20)52(31-39(7)8)61(86)70-44(16)69(94)95-59(42(13)14)68(93)79(21)53(32-40(9)10)62(87)74-50(29-37(3)4)65(90)80(22)56(41(11)12)67(92)81(23)57(58(84)43(15)33-54-71-47-26-24-25-27-48(47)72-54)63(88)75-55(45(17)82)66(91)77(19)35-46(83)34-76(18)51(30-38(5)6)60(85)73-49/h24-27,36-45,49-53,55-59,82,84H,28-35H2,1-23H3,(H,70,86)(H,71,72)(H,73,85)(H,74,87)(H,75,88)/t43-,44-,45-,49-,50-,51+,52-,53-,55-,56-,57-,58-,59+/m1/s1. The Kier molecular flexibility index (Phi) is 31.9. The van der Waals surface area contributed by atoms with Gasteiger partial charge in [0.1, 0.15) is 54.2 Å². The first-order valence-corrected chi connectivity index (χ1v) is 33.8. The highest BCUT2D eigenvalue weighted by Gasteiger charge is 2.46. The minimum absolute atomic E-state index is 0.0650. The second kappa shape index (κ2) is 36.9. The number of rotatable bonds is 17. The van der Waals surface area contributed by atoms with Crippen molar-refractivity contribution in [2.75, 3.05) is 55.4 Å². The first-order chi connectivity index (χ1) is 44.0. The molecule has 2 aromatic rings. The van der Waals surface area contributed by atoms with Crippen molar-refractivity contribution in [1.29, 1.82) is 0 Å². The minimum atomic E-state index is -1.81. The number of likely N-dealkylation sites (N-methyl/N-ethyl adjacent to an activating group) is 6. The van der Waals surface area contributed by atoms with Gasteiger partial charge in [-0.05, 0) is 112 Å². The molecule has 0 aliphatic carbocycles. The van der Waals surface area contributed by atoms with E-state index in [1.54, 1.807) is 47.7 Å². The largest absolute Gasteiger partial charge is 0.450 e. The first-order valence-electron chi connectivity index (χ1n) is 33.8. The average molecular weight is 1340 g/mol. The van der Waals surface area contributed by atoms with E-state index < -0.39 is 162 Å². The predicted molar refractivity (Wildman–Crippen MR) is 362 cm³/mol. The summed E-state index contributed by atoms with van der Waals surface area (Å²) in [6.45, 7) is 28.6. The fourth-order valence-corrected chi connectivity index (χ4v) is 12.1. The third kappa shape index (κ3) is 23.3. The minimum Gasteiger partial charge on any atom is -0.450 e. The molecule has 95 heavy (non-hydrogen) atoms. The van der Waals surface area contributed by atoms with Crippen LogP contribution >= 0.6 is 0 Å². The van der Waals surface area contributed by atoms with Gasteiger partial charge in [0.15, 0.2) is 11.9 Å². The second-order valence-corrected chi connectivity index (χ2v) is 29.3. The summed E-state index contributed by atoms with van der Waals surface area (Å²) in [7, 11) is 8.35. The van der Waals surface area contributed by atoms with E-state index in [4.69, 9.17) is 4.74 Å². The lowest BCUT2D eigenvalue weighted by Gasteiger charge is -2.40. The number of aliphatic hydroxyl groups excluding tert-OH is 2. The maximum absolute atomic E-state index is 15.4. The number of Topliss-reactive ketones (excluding diaryl/α,β-unsaturated/α-hetero) is 1. The quantitative estimate of drug-likeness (QED) is 0.111. The van der Waals surface area contributed by atoms with Gasteiger partial charge in [0.25, 0.3) is 5.91 Å². The van der Waals surface area contributed by atoms with E-state index >= 15 is 14.4 Å². The van der Waals surface area contributed by atoms with Crippen LogP contribution in [0.4, 0.5) is 0 Å². The summed E-state index contributed by atoms with van der Waals surface area (Å²) in [6, 6.07) is -4.85. The Morgan fingerprint density at radius 3 is 1.43 bits per heavy atom. The molecule has 1 aliphatic heterocycles. The molecule has 2 heterocycles. The molecule has 0 spiro atoms. The van der Waals surface area contributed by atoms with Gasteiger partial charge in [-0.15, -0.1) is 0 Å². The zero-order valence-electron chi connectivity index (χ0n) is 60.9. The molecule has 1 aromatic heterocycles. The summed E-state index contributed by atoms with van der Waals surface area (Å²) in [5, 5.41) is 34.9. The number of nitrogens with zero attached hydrogens (tertiary/aromatic N) is 7. The van der Waals surface area contributed by atoms with Crippen molar-refractivity contribution in [3.05, 3.63) is 30.1 Å². The van der Waals surface area contributed by atoms with Gasteiger partial charge in [-0.3, -0.25) is 52.8 Å². The number of aliphatic hydroxyl groups is 2. The van der Waals surface area contributed by atoms with E-state index in [1.165, 1.54) is 68.7 Å². The Bertz CT molecular complexity index is 2910. The highest BCUT2D eigenvalue weighted by atomic mass is 16.6. The molecule has 13 atom stereocenters. The number of nitrogens with one attached hydrogen (secondary N) is 5. The van der Waals surface area contributed by atoms with E-state index in [-0.39, 0.29) is 74.7 Å². The maximum Gasteiger partial charge on any atom is 0.329 e. The number of fused-ring (bicyclic) bond motifs is 1. The third-order valence-corrected chi connectivity index (χ3v) is 17.4. The molecule has 7 N–H and O–H groups in total. The molecule has 3 rings (SSSR count). The van der Waals surface area contributed by atoms with Crippen molar-refractivity contribution in [2.45, 2.75) is 229 Å². The number of para-hydroxylation sites is 2. The number of benzene rings is 1. The molecule has 0 bridgehead atoms. The molecule has 0 radical (unpaired) electrons. The molecule has 9 amide bonds. The lowest BCUT2D eigenvalue weighted by molar-refractivity contribution is -0.166. The smallest absolute Gasteiger partial charge is 0.329 e. The number of esters is 1. The normalized spacial score (nSPS) is 25.9. The van der Waals surface area contributed by atoms with Crippen LogP contribution in [0.1, 0.15) is 156 Å². The highest BCUT2D eigenvalue weighted by molar-refractivity contribution is 5.99. The number of H-pyrrole nitrogens is 1. The number of hydrogen-bond donors (Lipinski definition) is 7. The number of cyclic esters (lactones) is 1. The molecular formula is C69H116N12O14. The molecule has 0 unspecified atom stereocenters. The molecule has 26 heteroatoms. The molecule has 1 aromatic carbocycles. The van der Waals surface area contributed by atoms with Crippen LogP contribution < -0.4 is 21.3 Å². The van der Waals surface area contributed by atoms with Gasteiger partial charge in [0.2, 0.25) is 47.3 Å². The SMILES string of the molecule is CC(C)C[C@@H]1C(=O)N[C@H](CC(C)C)C(=O)N(C)[C@H](C(C)C)C(=O)N(C)[C@H]([C@H](O)[C@H](C)Cc2nc3ccccc3[nH]2)C(=O)N[C@H]([C@@H](C)O)C(=O)N(C)CC(=O)CN(C)[C@@H](CC(C)C)C(=O)N[C@H](CC(C)C)C(=O)N(C)[C@H](CC(C)C)C(=O)N[C@H](C)C(=O)O[C@@H](C(C)C)C(=O)N1C. The monoisotopic (exact) mass is 1340 g/mol. The van der Waals surface area contributed by atoms with Gasteiger partial charge in [-0.25, -0.2) is 9.78 Å². The summed E-state index contributed by atoms with van der Waals surface area (Å²) >= 11 is 0. The number of carbonyl (C=O) groups excluding carboxylic acids is 11. The molecule has 26 nitrogen and oxygen atoms in total. The van der Waals surface area contributed by atoms with Gasteiger partial charge in [0.05, 0.1) is 42.4 Å². The van der Waals surface area contributed by atoms with Crippen LogP contribution in [-0.4, -0.2) is 243 Å². The number of amides is 9. The van der Waals surface area contributed by atoms with Crippen molar-refractivity contribution < 1.29 is 67.7 Å². The number of hydrogen-bond acceptors (Lipinski definition) is 16. The van der Waals surface area contributed by atoms with Crippen LogP contribution in [-0.2, 0) is 63.9 Å². The van der Waals surface area contributed by atoms with Crippen LogP contribution in [0.5, 0.6) is 0 Å². The van der Waals surface area contributed by atoms with Gasteiger partial charge in [-0.1, -0.05) is 116 Å². The molecule has 536 valence electrons. The van der Waals surface area contributed by atoms with Gasteiger partial charge < -0.3 is 65.7 Å². The summed E-state index contributed by atoms with van der Waals surface area (Å²) in [4.78, 5) is 177. The van der Waals surface area contributed by atoms with Crippen molar-refractivity contribution >= 4 is 76.0 Å².